The number of rotatable bonds is 8. The molecule has 7 nitrogen and oxygen atoms in total. The first kappa shape index (κ1) is 25.4. The van der Waals surface area contributed by atoms with Crippen molar-refractivity contribution in [2.24, 2.45) is 0 Å². The van der Waals surface area contributed by atoms with Crippen molar-refractivity contribution in [3.05, 3.63) is 59.7 Å². The number of carbonyl (C=O) groups is 1. The first-order valence-electron chi connectivity index (χ1n) is 12.9. The average Bonchev–Trinajstić information content (AvgIpc) is 2.85. The molecule has 1 amide bonds. The van der Waals surface area contributed by atoms with E-state index in [0.29, 0.717) is 39.9 Å². The highest BCUT2D eigenvalue weighted by Crippen LogP contribution is 2.36. The Morgan fingerprint density at radius 2 is 2.05 bits per heavy atom. The molecule has 5 rings (SSSR count). The summed E-state index contributed by atoms with van der Waals surface area (Å²) in [4.78, 5) is 24.0. The maximum Gasteiger partial charge on any atom is 0.248 e. The standard InChI is InChI=1S/C28H31ClFN5O2/c1-18-6-2-3-12-35(18)13-5-9-27(36)34-25-15-21-24(16-26(25)37-20-7-4-8-20)31-17-32-28(21)33-19-10-11-23(30)22(29)14-19/h5,9-11,14-18,20H,2-4,6-8,12-13H2,1H3,(H,34,36)(H,31,32,33). The summed E-state index contributed by atoms with van der Waals surface area (Å²) in [6, 6.07) is 8.55. The van der Waals surface area contributed by atoms with Gasteiger partial charge in [0.2, 0.25) is 5.91 Å². The molecular weight excluding hydrogens is 493 g/mol. The van der Waals surface area contributed by atoms with Gasteiger partial charge in [0.1, 0.15) is 23.7 Å². The highest BCUT2D eigenvalue weighted by atomic mass is 35.5. The molecule has 1 atom stereocenters. The Morgan fingerprint density at radius 1 is 1.19 bits per heavy atom. The van der Waals surface area contributed by atoms with Gasteiger partial charge in [-0.1, -0.05) is 24.1 Å². The van der Waals surface area contributed by atoms with Crippen molar-refractivity contribution in [1.29, 1.82) is 0 Å². The molecule has 3 aromatic rings. The summed E-state index contributed by atoms with van der Waals surface area (Å²) in [5.41, 5.74) is 1.80. The fraction of sp³-hybridized carbons (Fsp3) is 0.393. The largest absolute Gasteiger partial charge is 0.488 e. The van der Waals surface area contributed by atoms with E-state index in [-0.39, 0.29) is 17.0 Å². The van der Waals surface area contributed by atoms with Crippen molar-refractivity contribution in [1.82, 2.24) is 14.9 Å². The van der Waals surface area contributed by atoms with E-state index in [4.69, 9.17) is 16.3 Å². The molecule has 37 heavy (non-hydrogen) atoms. The normalized spacial score (nSPS) is 18.6. The second kappa shape index (κ2) is 11.4. The summed E-state index contributed by atoms with van der Waals surface area (Å²) < 4.78 is 19.8. The topological polar surface area (TPSA) is 79.4 Å². The third-order valence-electron chi connectivity index (χ3n) is 7.07. The monoisotopic (exact) mass is 523 g/mol. The average molecular weight is 524 g/mol. The molecule has 1 aliphatic carbocycles. The molecule has 2 aromatic carbocycles. The number of carbonyl (C=O) groups excluding carboxylic acids is 1. The van der Waals surface area contributed by atoms with E-state index in [1.54, 1.807) is 12.1 Å². The van der Waals surface area contributed by atoms with Crippen LogP contribution in [0.15, 0.2) is 48.8 Å². The lowest BCUT2D eigenvalue weighted by Gasteiger charge is -2.32. The highest BCUT2D eigenvalue weighted by molar-refractivity contribution is 6.31. The number of amides is 1. The number of anilines is 3. The van der Waals surface area contributed by atoms with Crippen LogP contribution in [0.5, 0.6) is 5.75 Å². The maximum absolute atomic E-state index is 13.6. The Morgan fingerprint density at radius 3 is 2.81 bits per heavy atom. The zero-order chi connectivity index (χ0) is 25.8. The van der Waals surface area contributed by atoms with Crippen molar-refractivity contribution in [2.45, 2.75) is 57.6 Å². The van der Waals surface area contributed by atoms with Crippen molar-refractivity contribution in [3.8, 4) is 5.75 Å². The van der Waals surface area contributed by atoms with Crippen LogP contribution < -0.4 is 15.4 Å². The van der Waals surface area contributed by atoms with Crippen LogP contribution in [0, 0.1) is 5.82 Å². The number of hydrogen-bond donors (Lipinski definition) is 2. The number of ether oxygens (including phenoxy) is 1. The summed E-state index contributed by atoms with van der Waals surface area (Å²) in [5.74, 6) is 0.371. The number of likely N-dealkylation sites (tertiary alicyclic amines) is 1. The summed E-state index contributed by atoms with van der Waals surface area (Å²) >= 11 is 5.95. The van der Waals surface area contributed by atoms with Gasteiger partial charge in [-0.2, -0.15) is 0 Å². The van der Waals surface area contributed by atoms with Crippen LogP contribution in [-0.4, -0.2) is 46.0 Å². The van der Waals surface area contributed by atoms with Gasteiger partial charge >= 0.3 is 0 Å². The van der Waals surface area contributed by atoms with Crippen LogP contribution in [0.4, 0.5) is 21.6 Å². The van der Waals surface area contributed by atoms with E-state index in [1.165, 1.54) is 37.7 Å². The molecular formula is C28H31ClFN5O2. The van der Waals surface area contributed by atoms with Crippen LogP contribution in [0.1, 0.15) is 45.4 Å². The number of hydrogen-bond acceptors (Lipinski definition) is 6. The minimum absolute atomic E-state index is 0.0123. The lowest BCUT2D eigenvalue weighted by Crippen LogP contribution is -2.37. The molecule has 1 aliphatic heterocycles. The molecule has 0 radical (unpaired) electrons. The van der Waals surface area contributed by atoms with Gasteiger partial charge in [0.05, 0.1) is 22.3 Å². The minimum atomic E-state index is -0.495. The van der Waals surface area contributed by atoms with E-state index in [9.17, 15) is 9.18 Å². The predicted octanol–water partition coefficient (Wildman–Crippen LogP) is 6.47. The third-order valence-corrected chi connectivity index (χ3v) is 7.36. The summed E-state index contributed by atoms with van der Waals surface area (Å²) in [5, 5.41) is 6.86. The van der Waals surface area contributed by atoms with Crippen LogP contribution >= 0.6 is 11.6 Å². The van der Waals surface area contributed by atoms with Gasteiger partial charge in [-0.15, -0.1) is 0 Å². The van der Waals surface area contributed by atoms with Gasteiger partial charge in [-0.3, -0.25) is 9.69 Å². The number of aromatic nitrogens is 2. The second-order valence-electron chi connectivity index (χ2n) is 9.74. The summed E-state index contributed by atoms with van der Waals surface area (Å²) in [6.45, 7) is 4.05. The molecule has 1 saturated carbocycles. The molecule has 194 valence electrons. The lowest BCUT2D eigenvalue weighted by molar-refractivity contribution is -0.112. The maximum atomic E-state index is 13.6. The number of nitrogens with one attached hydrogen (secondary N) is 2. The first-order chi connectivity index (χ1) is 18.0. The van der Waals surface area contributed by atoms with Gasteiger partial charge in [0, 0.05) is 35.8 Å². The minimum Gasteiger partial charge on any atom is -0.488 e. The van der Waals surface area contributed by atoms with Crippen LogP contribution in [-0.2, 0) is 4.79 Å². The van der Waals surface area contributed by atoms with Gasteiger partial charge in [-0.25, -0.2) is 14.4 Å². The Bertz CT molecular complexity index is 1310. The summed E-state index contributed by atoms with van der Waals surface area (Å²) in [7, 11) is 0. The number of nitrogens with zero attached hydrogens (tertiary/aromatic N) is 3. The fourth-order valence-corrected chi connectivity index (χ4v) is 4.84. The van der Waals surface area contributed by atoms with Crippen LogP contribution in [0.2, 0.25) is 5.02 Å². The van der Waals surface area contributed by atoms with E-state index < -0.39 is 5.82 Å². The Hall–Kier alpha value is -3.23. The van der Waals surface area contributed by atoms with Crippen molar-refractivity contribution in [3.63, 3.8) is 0 Å². The molecule has 1 saturated heterocycles. The molecule has 2 heterocycles. The quantitative estimate of drug-likeness (QED) is 0.329. The number of halogens is 2. The van der Waals surface area contributed by atoms with Gasteiger partial charge < -0.3 is 15.4 Å². The van der Waals surface area contributed by atoms with E-state index >= 15 is 0 Å². The second-order valence-corrected chi connectivity index (χ2v) is 10.2. The van der Waals surface area contributed by atoms with Gasteiger partial charge in [0.25, 0.3) is 0 Å². The molecule has 2 N–H and O–H groups in total. The van der Waals surface area contributed by atoms with Gasteiger partial charge in [-0.05, 0) is 69.8 Å². The highest BCUT2D eigenvalue weighted by Gasteiger charge is 2.22. The third kappa shape index (κ3) is 6.19. The van der Waals surface area contributed by atoms with Crippen molar-refractivity contribution < 1.29 is 13.9 Å². The SMILES string of the molecule is CC1CCCCN1CC=CC(=O)Nc1cc2c(Nc3ccc(F)c(Cl)c3)ncnc2cc1OC1CCC1. The smallest absolute Gasteiger partial charge is 0.248 e. The van der Waals surface area contributed by atoms with Crippen LogP contribution in [0.3, 0.4) is 0 Å². The Balaban J connectivity index is 1.39. The van der Waals surface area contributed by atoms with E-state index in [2.05, 4.69) is 32.4 Å². The lowest BCUT2D eigenvalue weighted by atomic mass is 9.96. The number of fused-ring (bicyclic) bond motifs is 1. The number of benzene rings is 2. The predicted molar refractivity (Wildman–Crippen MR) is 145 cm³/mol. The molecule has 1 aromatic heterocycles. The molecule has 2 aliphatic rings. The fourth-order valence-electron chi connectivity index (χ4n) is 4.66. The molecule has 2 fully saturated rings. The van der Waals surface area contributed by atoms with E-state index in [1.807, 2.05) is 18.2 Å². The number of piperidine rings is 1. The Labute approximate surface area is 221 Å². The molecule has 0 bridgehead atoms. The molecule has 9 heteroatoms. The Kier molecular flexibility index (Phi) is 7.86. The molecule has 1 unspecified atom stereocenters. The zero-order valence-corrected chi connectivity index (χ0v) is 21.6. The van der Waals surface area contributed by atoms with Crippen molar-refractivity contribution >= 4 is 45.6 Å². The van der Waals surface area contributed by atoms with Crippen molar-refractivity contribution in [2.75, 3.05) is 23.7 Å². The van der Waals surface area contributed by atoms with E-state index in [0.717, 1.165) is 32.4 Å². The summed E-state index contributed by atoms with van der Waals surface area (Å²) in [6.07, 6.45) is 11.8. The van der Waals surface area contributed by atoms with Crippen LogP contribution in [0.25, 0.3) is 10.9 Å². The molecule has 0 spiro atoms. The van der Waals surface area contributed by atoms with Gasteiger partial charge in [0.15, 0.2) is 0 Å². The zero-order valence-electron chi connectivity index (χ0n) is 20.8. The first-order valence-corrected chi connectivity index (χ1v) is 13.2.